The molecule has 1 fully saturated rings. The highest BCUT2D eigenvalue weighted by Crippen LogP contribution is 2.32. The number of hydrogen-bond acceptors (Lipinski definition) is 5. The number of aromatic amines is 1. The van der Waals surface area contributed by atoms with Crippen molar-refractivity contribution in [3.05, 3.63) is 51.6 Å². The third kappa shape index (κ3) is 4.42. The number of nitrogens with one attached hydrogen (secondary N) is 1. The molecule has 2 aromatic heterocycles. The van der Waals surface area contributed by atoms with Crippen LogP contribution >= 0.6 is 11.3 Å². The molecule has 3 aromatic rings. The molecule has 5 nitrogen and oxygen atoms in total. The highest BCUT2D eigenvalue weighted by Gasteiger charge is 2.24. The molecule has 0 aliphatic heterocycles. The van der Waals surface area contributed by atoms with E-state index in [2.05, 4.69) is 14.9 Å². The van der Waals surface area contributed by atoms with E-state index < -0.39 is 6.10 Å². The Morgan fingerprint density at radius 2 is 2.03 bits per heavy atom. The fraction of sp³-hybridized carbons (Fsp3) is 0.455. The molecule has 4 rings (SSSR count). The molecule has 1 unspecified atom stereocenters. The van der Waals surface area contributed by atoms with Crippen LogP contribution in [0.2, 0.25) is 0 Å². The number of hydrogen-bond donors (Lipinski definition) is 2. The molecule has 1 aromatic carbocycles. The normalized spacial score (nSPS) is 16.6. The van der Waals surface area contributed by atoms with Gasteiger partial charge in [-0.15, -0.1) is 11.3 Å². The van der Waals surface area contributed by atoms with Crippen LogP contribution in [0.5, 0.6) is 0 Å². The minimum absolute atomic E-state index is 0.245. The van der Waals surface area contributed by atoms with E-state index in [1.54, 1.807) is 30.5 Å². The molecule has 1 saturated carbocycles. The number of aliphatic hydroxyl groups is 1. The minimum Gasteiger partial charge on any atom is -0.392 e. The smallest absolute Gasteiger partial charge is 0.260 e. The predicted molar refractivity (Wildman–Crippen MR) is 115 cm³/mol. The van der Waals surface area contributed by atoms with E-state index >= 15 is 0 Å². The van der Waals surface area contributed by atoms with Gasteiger partial charge in [0.2, 0.25) is 0 Å². The first-order chi connectivity index (χ1) is 14.0. The Bertz CT molecular complexity index is 1040. The van der Waals surface area contributed by atoms with Crippen LogP contribution in [0.3, 0.4) is 0 Å². The summed E-state index contributed by atoms with van der Waals surface area (Å²) in [5, 5.41) is 12.2. The van der Waals surface area contributed by atoms with Gasteiger partial charge in [-0.25, -0.2) is 9.37 Å². The van der Waals surface area contributed by atoms with Crippen LogP contribution in [0.25, 0.3) is 21.3 Å². The van der Waals surface area contributed by atoms with Gasteiger partial charge in [-0.1, -0.05) is 37.5 Å². The van der Waals surface area contributed by atoms with Crippen LogP contribution in [0.1, 0.15) is 44.9 Å². The van der Waals surface area contributed by atoms with E-state index in [-0.39, 0.29) is 11.4 Å². The van der Waals surface area contributed by atoms with E-state index in [1.165, 1.54) is 36.7 Å². The number of aromatic nitrogens is 2. The Morgan fingerprint density at radius 3 is 2.76 bits per heavy atom. The van der Waals surface area contributed by atoms with Gasteiger partial charge >= 0.3 is 0 Å². The van der Waals surface area contributed by atoms with Crippen LogP contribution in [0.4, 0.5) is 4.39 Å². The van der Waals surface area contributed by atoms with Crippen LogP contribution < -0.4 is 5.56 Å². The van der Waals surface area contributed by atoms with E-state index in [1.807, 2.05) is 0 Å². The Kier molecular flexibility index (Phi) is 6.08. The Hall–Kier alpha value is -2.09. The van der Waals surface area contributed by atoms with Crippen molar-refractivity contribution in [3.8, 4) is 11.1 Å². The molecular weight excluding hydrogens is 389 g/mol. The number of aliphatic hydroxyl groups excluding tert-OH is 1. The van der Waals surface area contributed by atoms with Crippen molar-refractivity contribution in [3.63, 3.8) is 0 Å². The van der Waals surface area contributed by atoms with Crippen LogP contribution in [-0.2, 0) is 6.54 Å². The first-order valence-electron chi connectivity index (χ1n) is 10.2. The van der Waals surface area contributed by atoms with Crippen molar-refractivity contribution < 1.29 is 9.50 Å². The molecule has 0 amide bonds. The highest BCUT2D eigenvalue weighted by atomic mass is 32.1. The second-order valence-corrected chi connectivity index (χ2v) is 8.75. The first-order valence-corrected chi connectivity index (χ1v) is 11.1. The lowest BCUT2D eigenvalue weighted by atomic mass is 9.94. The molecule has 0 radical (unpaired) electrons. The number of nitrogens with zero attached hydrogens (tertiary/aromatic N) is 2. The molecule has 0 bridgehead atoms. The van der Waals surface area contributed by atoms with Crippen molar-refractivity contribution in [2.24, 2.45) is 0 Å². The molecule has 2 N–H and O–H groups in total. The number of H-pyrrole nitrogens is 1. The Morgan fingerprint density at radius 1 is 1.28 bits per heavy atom. The van der Waals surface area contributed by atoms with E-state index in [4.69, 9.17) is 0 Å². The van der Waals surface area contributed by atoms with Gasteiger partial charge in [0.1, 0.15) is 16.5 Å². The van der Waals surface area contributed by atoms with Crippen molar-refractivity contribution >= 4 is 21.6 Å². The summed E-state index contributed by atoms with van der Waals surface area (Å²) in [6.45, 7) is 2.83. The van der Waals surface area contributed by atoms with Gasteiger partial charge in [0.15, 0.2) is 0 Å². The van der Waals surface area contributed by atoms with Gasteiger partial charge < -0.3 is 10.1 Å². The predicted octanol–water partition coefficient (Wildman–Crippen LogP) is 4.31. The van der Waals surface area contributed by atoms with E-state index in [9.17, 15) is 14.3 Å². The third-order valence-corrected chi connectivity index (χ3v) is 6.47. The van der Waals surface area contributed by atoms with Crippen molar-refractivity contribution in [1.29, 1.82) is 0 Å². The number of thiophene rings is 1. The van der Waals surface area contributed by atoms with Crippen molar-refractivity contribution in [1.82, 2.24) is 14.9 Å². The summed E-state index contributed by atoms with van der Waals surface area (Å²) < 4.78 is 14.2. The average Bonchev–Trinajstić information content (AvgIpc) is 3.12. The lowest BCUT2D eigenvalue weighted by Crippen LogP contribution is -2.41. The zero-order valence-electron chi connectivity index (χ0n) is 16.5. The maximum Gasteiger partial charge on any atom is 0.260 e. The highest BCUT2D eigenvalue weighted by molar-refractivity contribution is 7.17. The number of fused-ring (bicyclic) bond motifs is 1. The summed E-state index contributed by atoms with van der Waals surface area (Å²) in [6, 6.07) is 6.87. The lowest BCUT2D eigenvalue weighted by Gasteiger charge is -2.34. The summed E-state index contributed by atoms with van der Waals surface area (Å²) >= 11 is 1.36. The molecule has 0 spiro atoms. The lowest BCUT2D eigenvalue weighted by molar-refractivity contribution is 0.0750. The maximum atomic E-state index is 14.2. The van der Waals surface area contributed by atoms with Crippen LogP contribution in [0.15, 0.2) is 34.4 Å². The Balaban J connectivity index is 1.66. The van der Waals surface area contributed by atoms with Gasteiger partial charge in [-0.2, -0.15) is 0 Å². The fourth-order valence-electron chi connectivity index (χ4n) is 4.27. The summed E-state index contributed by atoms with van der Waals surface area (Å²) in [6.07, 6.45) is 5.42. The topological polar surface area (TPSA) is 69.2 Å². The fourth-order valence-corrected chi connectivity index (χ4v) is 5.22. The molecule has 1 atom stereocenters. The van der Waals surface area contributed by atoms with Crippen LogP contribution in [0, 0.1) is 5.82 Å². The second-order valence-electron chi connectivity index (χ2n) is 7.89. The molecular formula is C22H26FN3O2S. The average molecular weight is 416 g/mol. The number of benzene rings is 1. The van der Waals surface area contributed by atoms with E-state index in [0.717, 1.165) is 12.8 Å². The zero-order valence-corrected chi connectivity index (χ0v) is 17.3. The first kappa shape index (κ1) is 20.2. The van der Waals surface area contributed by atoms with E-state index in [0.29, 0.717) is 46.3 Å². The number of rotatable bonds is 6. The van der Waals surface area contributed by atoms with Crippen LogP contribution in [-0.4, -0.2) is 38.7 Å². The van der Waals surface area contributed by atoms with Gasteiger partial charge in [0, 0.05) is 29.1 Å². The van der Waals surface area contributed by atoms with Crippen molar-refractivity contribution in [2.45, 2.75) is 57.7 Å². The summed E-state index contributed by atoms with van der Waals surface area (Å²) in [5.74, 6) is 0.242. The summed E-state index contributed by atoms with van der Waals surface area (Å²) in [4.78, 5) is 23.3. The van der Waals surface area contributed by atoms with Gasteiger partial charge in [-0.3, -0.25) is 9.69 Å². The molecule has 0 saturated heterocycles. The molecule has 154 valence electrons. The van der Waals surface area contributed by atoms with Crippen molar-refractivity contribution in [2.75, 3.05) is 6.54 Å². The quantitative estimate of drug-likeness (QED) is 0.630. The second kappa shape index (κ2) is 8.73. The van der Waals surface area contributed by atoms with Gasteiger partial charge in [0.05, 0.1) is 18.0 Å². The number of halogens is 1. The van der Waals surface area contributed by atoms with Gasteiger partial charge in [-0.05, 0) is 25.8 Å². The summed E-state index contributed by atoms with van der Waals surface area (Å²) in [7, 11) is 0. The molecule has 1 aliphatic rings. The standard InChI is InChI=1S/C22H26FN3O2S/c1-14(27)11-26(15-7-3-2-4-8-15)12-19-24-21(28)20-17(13-29-22(20)25-19)16-9-5-6-10-18(16)23/h5-6,9-10,13-15,27H,2-4,7-8,11-12H2,1H3,(H,24,25,28). The largest absolute Gasteiger partial charge is 0.392 e. The summed E-state index contributed by atoms with van der Waals surface area (Å²) in [5.41, 5.74) is 0.749. The molecule has 7 heteroatoms. The zero-order chi connectivity index (χ0) is 20.4. The Labute approximate surface area is 173 Å². The minimum atomic E-state index is -0.443. The maximum absolute atomic E-state index is 14.2. The third-order valence-electron chi connectivity index (χ3n) is 5.60. The molecule has 1 aliphatic carbocycles. The molecule has 29 heavy (non-hydrogen) atoms. The van der Waals surface area contributed by atoms with Gasteiger partial charge in [0.25, 0.3) is 5.56 Å². The SMILES string of the molecule is CC(O)CN(Cc1nc2scc(-c3ccccc3F)c2c(=O)[nH]1)C1CCCCC1. The monoisotopic (exact) mass is 415 g/mol. The molecule has 2 heterocycles.